The van der Waals surface area contributed by atoms with Gasteiger partial charge in [-0.05, 0) is 80.6 Å². The molecule has 0 atom stereocenters. The molecule has 0 bridgehead atoms. The first kappa shape index (κ1) is 39.3. The molecule has 0 saturated heterocycles. The Morgan fingerprint density at radius 2 is 1.34 bits per heavy atom. The number of rotatable bonds is 7. The Morgan fingerprint density at radius 1 is 0.643 bits per heavy atom. The van der Waals surface area contributed by atoms with Gasteiger partial charge in [-0.3, -0.25) is 0 Å². The minimum absolute atomic E-state index is 0. The topological polar surface area (TPSA) is 46.4 Å². The van der Waals surface area contributed by atoms with Crippen molar-refractivity contribution in [3.05, 3.63) is 144 Å². The summed E-state index contributed by atoms with van der Waals surface area (Å²) in [4.78, 5) is 14.2. The van der Waals surface area contributed by atoms with E-state index in [0.29, 0.717) is 23.3 Å². The summed E-state index contributed by atoms with van der Waals surface area (Å²) in [6, 6.07) is 39.0. The number of para-hydroxylation sites is 1. The van der Waals surface area contributed by atoms with Crippen molar-refractivity contribution >= 4 is 44.7 Å². The van der Waals surface area contributed by atoms with Gasteiger partial charge in [-0.25, -0.2) is 9.97 Å². The molecule has 3 aromatic heterocycles. The monoisotopic (exact) mass is 919 g/mol. The van der Waals surface area contributed by atoms with Crippen LogP contribution in [0.25, 0.3) is 27.6 Å². The average molecular weight is 920 g/mol. The molecule has 8 rings (SSSR count). The second-order valence-corrected chi connectivity index (χ2v) is 17.4. The van der Waals surface area contributed by atoms with Crippen LogP contribution in [0, 0.1) is 18.8 Å². The molecule has 4 heterocycles. The quantitative estimate of drug-likeness (QED) is 0.149. The molecule has 0 unspecified atom stereocenters. The maximum Gasteiger partial charge on any atom is 0.135 e. The van der Waals surface area contributed by atoms with Gasteiger partial charge in [-0.2, -0.15) is 12.1 Å². The van der Waals surface area contributed by atoms with E-state index in [1.54, 1.807) is 0 Å². The van der Waals surface area contributed by atoms with Crippen molar-refractivity contribution in [2.24, 2.45) is 0 Å². The Hall–Kier alpha value is -4.93. The van der Waals surface area contributed by atoms with E-state index in [9.17, 15) is 0 Å². The maximum absolute atomic E-state index is 6.58. The van der Waals surface area contributed by atoms with E-state index >= 15 is 0 Å². The third kappa shape index (κ3) is 7.13. The second kappa shape index (κ2) is 14.9. The van der Waals surface area contributed by atoms with Gasteiger partial charge in [0.1, 0.15) is 11.6 Å². The Bertz CT molecular complexity index is 2530. The molecule has 6 nitrogen and oxygen atoms in total. The van der Waals surface area contributed by atoms with E-state index in [0.717, 1.165) is 44.8 Å². The summed E-state index contributed by atoms with van der Waals surface area (Å²) in [6.45, 7) is 24.8. The number of aromatic nitrogens is 3. The van der Waals surface area contributed by atoms with Crippen LogP contribution >= 0.6 is 0 Å². The molecule has 56 heavy (non-hydrogen) atoms. The molecule has 7 aromatic rings. The molecule has 1 aliphatic heterocycles. The molecule has 0 spiro atoms. The van der Waals surface area contributed by atoms with Gasteiger partial charge in [0, 0.05) is 56.2 Å². The zero-order valence-corrected chi connectivity index (χ0v) is 36.3. The molecule has 1 aliphatic rings. The molecule has 0 saturated carbocycles. The number of nitrogens with zero attached hydrogens (tertiary/aromatic N) is 5. The predicted octanol–water partition coefficient (Wildman–Crippen LogP) is 13.2. The third-order valence-corrected chi connectivity index (χ3v) is 10.6. The van der Waals surface area contributed by atoms with Crippen molar-refractivity contribution in [2.45, 2.75) is 91.9 Å². The average Bonchev–Trinajstić information content (AvgIpc) is 3.69. The first-order valence-corrected chi connectivity index (χ1v) is 19.4. The van der Waals surface area contributed by atoms with Crippen LogP contribution in [0.4, 0.5) is 22.9 Å². The second-order valence-electron chi connectivity index (χ2n) is 17.4. The van der Waals surface area contributed by atoms with E-state index in [4.69, 9.17) is 14.7 Å². The fraction of sp³-hybridized carbons (Fsp3) is 0.286. The molecule has 7 heteroatoms. The van der Waals surface area contributed by atoms with Gasteiger partial charge in [0.2, 0.25) is 0 Å². The molecule has 290 valence electrons. The van der Waals surface area contributed by atoms with Gasteiger partial charge < -0.3 is 19.1 Å². The molecule has 0 N–H and O–H groups in total. The fourth-order valence-electron chi connectivity index (χ4n) is 7.56. The van der Waals surface area contributed by atoms with Crippen molar-refractivity contribution < 1.29 is 25.8 Å². The van der Waals surface area contributed by atoms with E-state index in [-0.39, 0.29) is 31.9 Å². The van der Waals surface area contributed by atoms with Crippen LogP contribution in [-0.4, -0.2) is 14.5 Å². The number of benzene rings is 4. The van der Waals surface area contributed by atoms with Crippen LogP contribution in [-0.2, 0) is 31.9 Å². The first-order chi connectivity index (χ1) is 26.2. The van der Waals surface area contributed by atoms with Crippen molar-refractivity contribution in [1.82, 2.24) is 14.5 Å². The van der Waals surface area contributed by atoms with Gasteiger partial charge in [-0.15, -0.1) is 48.1 Å². The molecule has 0 amide bonds. The number of anilines is 4. The van der Waals surface area contributed by atoms with Gasteiger partial charge >= 0.3 is 0 Å². The molecular weight excluding hydrogens is 870 g/mol. The van der Waals surface area contributed by atoms with Gasteiger partial charge in [0.05, 0.1) is 5.69 Å². The number of fused-ring (bicyclic) bond motifs is 4. The Labute approximate surface area is 346 Å². The summed E-state index contributed by atoms with van der Waals surface area (Å²) >= 11 is 0. The van der Waals surface area contributed by atoms with Crippen LogP contribution in [0.5, 0.6) is 11.5 Å². The molecule has 4 aromatic carbocycles. The number of hydrogen-bond acceptors (Lipinski definition) is 5. The van der Waals surface area contributed by atoms with Crippen molar-refractivity contribution in [2.75, 3.05) is 9.80 Å². The standard InChI is InChI=1S/C49H50N5O.Pt/c1-31(2)40-25-34(49(8,9)10)26-41(32(3)4)46(40)53-30-52(43-19-14-23-51-47(43)53)35-15-13-16-36(28-35)55-37-20-21-39-38-17-11-12-18-42(38)54(44(39)29-37)45-27-33(22-24-50-45)48(5,6)7;/h11-27,30-32H,1-10H3;/q-3;. The van der Waals surface area contributed by atoms with Crippen LogP contribution in [0.1, 0.15) is 103 Å². The van der Waals surface area contributed by atoms with E-state index in [1.807, 2.05) is 36.7 Å². The Balaban J connectivity index is 0.00000480. The van der Waals surface area contributed by atoms with Crippen LogP contribution in [0.15, 0.2) is 103 Å². The Kier molecular flexibility index (Phi) is 10.4. The normalized spacial score (nSPS) is 13.2. The van der Waals surface area contributed by atoms with Crippen molar-refractivity contribution in [3.8, 4) is 17.3 Å². The zero-order chi connectivity index (χ0) is 38.8. The number of pyridine rings is 2. The SMILES string of the molecule is CC(C)c1cc(C(C)(C)C)cc(C(C)C)c1N1[CH-]N(c2[c-]c(Oc3[c-]c4c(cc3)c3ccccc3n4-c3cc(C(C)(C)C)ccn3)ccc2)c2cccnc21.[Pt]. The third-order valence-electron chi connectivity index (χ3n) is 10.6. The molecule has 0 radical (unpaired) electrons. The minimum atomic E-state index is -0.0139. The van der Waals surface area contributed by atoms with Gasteiger partial charge in [-0.1, -0.05) is 105 Å². The van der Waals surface area contributed by atoms with E-state index in [2.05, 4.69) is 169 Å². The van der Waals surface area contributed by atoms with Crippen LogP contribution in [0.3, 0.4) is 0 Å². The largest absolute Gasteiger partial charge is 0.509 e. The van der Waals surface area contributed by atoms with E-state index in [1.165, 1.54) is 27.9 Å². The van der Waals surface area contributed by atoms with Crippen LogP contribution in [0.2, 0.25) is 0 Å². The minimum Gasteiger partial charge on any atom is -0.509 e. The van der Waals surface area contributed by atoms with E-state index < -0.39 is 0 Å². The molecular formula is C49H50N5OPt-3. The van der Waals surface area contributed by atoms with Gasteiger partial charge in [0.15, 0.2) is 0 Å². The Morgan fingerprint density at radius 3 is 2.04 bits per heavy atom. The molecule has 0 fully saturated rings. The molecule has 0 aliphatic carbocycles. The number of ether oxygens (including phenoxy) is 1. The first-order valence-electron chi connectivity index (χ1n) is 19.4. The predicted molar refractivity (Wildman–Crippen MR) is 228 cm³/mol. The summed E-state index contributed by atoms with van der Waals surface area (Å²) < 4.78 is 8.77. The fourth-order valence-corrected chi connectivity index (χ4v) is 7.56. The van der Waals surface area contributed by atoms with Crippen molar-refractivity contribution in [1.29, 1.82) is 0 Å². The summed E-state index contributed by atoms with van der Waals surface area (Å²) in [7, 11) is 0. The number of hydrogen-bond donors (Lipinski definition) is 0. The van der Waals surface area contributed by atoms with Crippen LogP contribution < -0.4 is 14.5 Å². The van der Waals surface area contributed by atoms with Crippen molar-refractivity contribution in [3.63, 3.8) is 0 Å². The zero-order valence-electron chi connectivity index (χ0n) is 34.0. The smallest absolute Gasteiger partial charge is 0.135 e. The summed E-state index contributed by atoms with van der Waals surface area (Å²) in [6.07, 6.45) is 3.77. The van der Waals surface area contributed by atoms with Gasteiger partial charge in [0.25, 0.3) is 0 Å². The summed E-state index contributed by atoms with van der Waals surface area (Å²) in [5.74, 6) is 3.59. The maximum atomic E-state index is 6.58. The summed E-state index contributed by atoms with van der Waals surface area (Å²) in [5, 5.41) is 2.24. The summed E-state index contributed by atoms with van der Waals surface area (Å²) in [5.41, 5.74) is 10.3.